The molecule has 0 saturated carbocycles. The third-order valence-electron chi connectivity index (χ3n) is 4.92. The normalized spacial score (nSPS) is 12.6. The van der Waals surface area contributed by atoms with E-state index in [1.54, 1.807) is 6.92 Å². The molecule has 0 aliphatic heterocycles. The van der Waals surface area contributed by atoms with E-state index in [2.05, 4.69) is 5.32 Å². The summed E-state index contributed by atoms with van der Waals surface area (Å²) < 4.78 is 5.13. The van der Waals surface area contributed by atoms with Crippen LogP contribution in [0.15, 0.2) is 54.6 Å². The molecule has 0 aliphatic carbocycles. The maximum Gasteiger partial charge on any atom is 0.334 e. The van der Waals surface area contributed by atoms with Crippen molar-refractivity contribution in [1.29, 1.82) is 0 Å². The molecular formula is C25H32N2O6. The number of urea groups is 1. The van der Waals surface area contributed by atoms with Gasteiger partial charge in [0.05, 0.1) is 13.2 Å². The maximum atomic E-state index is 12.9. The van der Waals surface area contributed by atoms with E-state index in [1.807, 2.05) is 68.4 Å². The van der Waals surface area contributed by atoms with Crippen LogP contribution in [0, 0.1) is 5.92 Å². The lowest BCUT2D eigenvalue weighted by atomic mass is 10.0. The molecule has 178 valence electrons. The Morgan fingerprint density at radius 1 is 0.970 bits per heavy atom. The number of ether oxygens (including phenoxy) is 1. The number of carbonyl (C=O) groups excluding carboxylic acids is 2. The third-order valence-corrected chi connectivity index (χ3v) is 4.92. The van der Waals surface area contributed by atoms with E-state index in [-0.39, 0.29) is 32.0 Å². The lowest BCUT2D eigenvalue weighted by Crippen LogP contribution is -2.52. The number of hydrogen-bond donors (Lipinski definition) is 3. The number of carboxylic acids is 1. The predicted molar refractivity (Wildman–Crippen MR) is 125 cm³/mol. The number of hydrogen-bond acceptors (Lipinski definition) is 5. The minimum atomic E-state index is -1.72. The lowest BCUT2D eigenvalue weighted by Gasteiger charge is -2.28. The highest BCUT2D eigenvalue weighted by atomic mass is 16.5. The van der Waals surface area contributed by atoms with E-state index in [0.717, 1.165) is 16.7 Å². The highest BCUT2D eigenvalue weighted by Gasteiger charge is 2.28. The first-order valence-electron chi connectivity index (χ1n) is 11.0. The third kappa shape index (κ3) is 8.23. The Balaban J connectivity index is 2.16. The van der Waals surface area contributed by atoms with E-state index in [1.165, 1.54) is 4.90 Å². The number of benzene rings is 2. The average molecular weight is 457 g/mol. The predicted octanol–water partition coefficient (Wildman–Crippen LogP) is 2.94. The Hall–Kier alpha value is -3.39. The van der Waals surface area contributed by atoms with Crippen molar-refractivity contribution in [3.63, 3.8) is 0 Å². The molecule has 0 radical (unpaired) electrons. The summed E-state index contributed by atoms with van der Waals surface area (Å²) in [6.45, 7) is 5.40. The second-order valence-corrected chi connectivity index (χ2v) is 8.17. The highest BCUT2D eigenvalue weighted by Crippen LogP contribution is 2.20. The molecule has 2 rings (SSSR count). The molecule has 2 atom stereocenters. The van der Waals surface area contributed by atoms with Crippen LogP contribution in [-0.4, -0.2) is 64.9 Å². The molecule has 0 fully saturated rings. The molecule has 0 spiro atoms. The Morgan fingerprint density at radius 2 is 1.58 bits per heavy atom. The summed E-state index contributed by atoms with van der Waals surface area (Å²) in [6, 6.07) is 16.0. The van der Waals surface area contributed by atoms with Crippen LogP contribution < -0.4 is 5.32 Å². The smallest absolute Gasteiger partial charge is 0.334 e. The summed E-state index contributed by atoms with van der Waals surface area (Å²) >= 11 is 0. The molecule has 0 heterocycles. The van der Waals surface area contributed by atoms with Gasteiger partial charge < -0.3 is 25.2 Å². The van der Waals surface area contributed by atoms with Crippen molar-refractivity contribution in [1.82, 2.24) is 10.2 Å². The first kappa shape index (κ1) is 25.9. The van der Waals surface area contributed by atoms with E-state index >= 15 is 0 Å². The summed E-state index contributed by atoms with van der Waals surface area (Å²) in [5.74, 6) is -1.97. The van der Waals surface area contributed by atoms with Crippen LogP contribution in [0.5, 0.6) is 0 Å². The van der Waals surface area contributed by atoms with E-state index in [0.29, 0.717) is 0 Å². The fourth-order valence-electron chi connectivity index (χ4n) is 3.34. The molecule has 8 heteroatoms. The first-order chi connectivity index (χ1) is 15.7. The quantitative estimate of drug-likeness (QED) is 0.448. The van der Waals surface area contributed by atoms with Gasteiger partial charge in [-0.05, 0) is 29.5 Å². The Labute approximate surface area is 194 Å². The molecule has 2 aromatic rings. The van der Waals surface area contributed by atoms with Crippen molar-refractivity contribution in [3.8, 4) is 11.1 Å². The van der Waals surface area contributed by atoms with Gasteiger partial charge in [-0.25, -0.2) is 14.4 Å². The van der Waals surface area contributed by atoms with E-state index in [4.69, 9.17) is 9.84 Å². The number of amides is 2. The number of aliphatic hydroxyl groups is 1. The SMILES string of the molecule is CCOC(=O)[C@H](Cc1ccc(-c2ccccc2)cc1)NC(=O)N(CC(C)C)C[C@H](O)C(=O)O. The number of aliphatic hydroxyl groups excluding tert-OH is 1. The maximum absolute atomic E-state index is 12.9. The van der Waals surface area contributed by atoms with Crippen molar-refractivity contribution < 1.29 is 29.3 Å². The minimum absolute atomic E-state index is 0.0309. The van der Waals surface area contributed by atoms with Gasteiger partial charge in [0, 0.05) is 13.0 Å². The van der Waals surface area contributed by atoms with Crippen molar-refractivity contribution in [2.24, 2.45) is 5.92 Å². The van der Waals surface area contributed by atoms with Crippen LogP contribution in [0.4, 0.5) is 4.79 Å². The van der Waals surface area contributed by atoms with Gasteiger partial charge in [-0.3, -0.25) is 0 Å². The summed E-state index contributed by atoms with van der Waals surface area (Å²) in [5, 5.41) is 21.4. The number of esters is 1. The molecule has 0 unspecified atom stereocenters. The topological polar surface area (TPSA) is 116 Å². The monoisotopic (exact) mass is 456 g/mol. The molecule has 0 aromatic heterocycles. The number of aliphatic carboxylic acids is 1. The summed E-state index contributed by atoms with van der Waals surface area (Å²) in [5.41, 5.74) is 2.93. The zero-order valence-corrected chi connectivity index (χ0v) is 19.2. The number of carbonyl (C=O) groups is 3. The zero-order chi connectivity index (χ0) is 24.4. The largest absolute Gasteiger partial charge is 0.479 e. The van der Waals surface area contributed by atoms with Crippen LogP contribution in [0.3, 0.4) is 0 Å². The molecular weight excluding hydrogens is 424 g/mol. The molecule has 0 bridgehead atoms. The molecule has 3 N–H and O–H groups in total. The van der Waals surface area contributed by atoms with Gasteiger partial charge in [-0.15, -0.1) is 0 Å². The molecule has 8 nitrogen and oxygen atoms in total. The van der Waals surface area contributed by atoms with Crippen LogP contribution in [-0.2, 0) is 20.7 Å². The molecule has 0 saturated heterocycles. The molecule has 33 heavy (non-hydrogen) atoms. The number of rotatable bonds is 11. The lowest BCUT2D eigenvalue weighted by molar-refractivity contribution is -0.148. The summed E-state index contributed by atoms with van der Waals surface area (Å²) in [7, 11) is 0. The van der Waals surface area contributed by atoms with Crippen LogP contribution in [0.25, 0.3) is 11.1 Å². The zero-order valence-electron chi connectivity index (χ0n) is 19.2. The molecule has 2 aromatic carbocycles. The van der Waals surface area contributed by atoms with Gasteiger partial charge in [-0.2, -0.15) is 0 Å². The van der Waals surface area contributed by atoms with Crippen LogP contribution in [0.2, 0.25) is 0 Å². The molecule has 2 amide bonds. The standard InChI is InChI=1S/C25H32N2O6/c1-4-33-24(31)21(26-25(32)27(15-17(2)3)16-22(28)23(29)30)14-18-10-12-20(13-11-18)19-8-6-5-7-9-19/h5-13,17,21-22,28H,4,14-16H2,1-3H3,(H,26,32)(H,29,30)/t21-,22-/m0/s1. The fraction of sp³-hybridized carbons (Fsp3) is 0.400. The van der Waals surface area contributed by atoms with Crippen LogP contribution >= 0.6 is 0 Å². The van der Waals surface area contributed by atoms with Crippen molar-refractivity contribution in [3.05, 3.63) is 60.2 Å². The van der Waals surface area contributed by atoms with Gasteiger partial charge in [0.2, 0.25) is 0 Å². The Kier molecular flexibility index (Phi) is 9.87. The molecule has 0 aliphatic rings. The fourth-order valence-corrected chi connectivity index (χ4v) is 3.34. The van der Waals surface area contributed by atoms with Gasteiger partial charge >= 0.3 is 18.0 Å². The van der Waals surface area contributed by atoms with Crippen molar-refractivity contribution >= 4 is 18.0 Å². The van der Waals surface area contributed by atoms with Gasteiger partial charge in [-0.1, -0.05) is 68.4 Å². The summed E-state index contributed by atoms with van der Waals surface area (Å²) in [6.07, 6.45) is -1.52. The van der Waals surface area contributed by atoms with Crippen molar-refractivity contribution in [2.75, 3.05) is 19.7 Å². The summed E-state index contributed by atoms with van der Waals surface area (Å²) in [4.78, 5) is 37.7. The Morgan fingerprint density at radius 3 is 2.12 bits per heavy atom. The van der Waals surface area contributed by atoms with Gasteiger partial charge in [0.15, 0.2) is 6.10 Å². The van der Waals surface area contributed by atoms with Gasteiger partial charge in [0.1, 0.15) is 6.04 Å². The number of carboxylic acid groups (broad SMARTS) is 1. The second kappa shape index (κ2) is 12.6. The van der Waals surface area contributed by atoms with Crippen molar-refractivity contribution in [2.45, 2.75) is 39.3 Å². The minimum Gasteiger partial charge on any atom is -0.479 e. The number of nitrogens with one attached hydrogen (secondary N) is 1. The van der Waals surface area contributed by atoms with Crippen LogP contribution in [0.1, 0.15) is 26.3 Å². The second-order valence-electron chi connectivity index (χ2n) is 8.17. The number of nitrogens with zero attached hydrogens (tertiary/aromatic N) is 1. The van der Waals surface area contributed by atoms with Gasteiger partial charge in [0.25, 0.3) is 0 Å². The first-order valence-corrected chi connectivity index (χ1v) is 11.0. The van der Waals surface area contributed by atoms with E-state index < -0.39 is 30.1 Å². The van der Waals surface area contributed by atoms with E-state index in [9.17, 15) is 19.5 Å². The Bertz CT molecular complexity index is 914. The highest BCUT2D eigenvalue weighted by molar-refractivity contribution is 5.84. The average Bonchev–Trinajstić information content (AvgIpc) is 2.79.